The molecular weight excluding hydrogens is 407 g/mol. The maximum Gasteiger partial charge on any atom is 0.174 e. The fourth-order valence-corrected chi connectivity index (χ4v) is 4.52. The van der Waals surface area contributed by atoms with E-state index in [1.54, 1.807) is 19.2 Å². The van der Waals surface area contributed by atoms with Crippen LogP contribution in [0.4, 0.5) is 10.1 Å². The van der Waals surface area contributed by atoms with E-state index >= 15 is 0 Å². The van der Waals surface area contributed by atoms with Crippen molar-refractivity contribution in [3.8, 4) is 5.69 Å². The summed E-state index contributed by atoms with van der Waals surface area (Å²) in [5.74, 6) is -0.229. The monoisotopic (exact) mass is 428 g/mol. The second kappa shape index (κ2) is 7.96. The smallest absolute Gasteiger partial charge is 0.174 e. The van der Waals surface area contributed by atoms with Crippen molar-refractivity contribution in [2.24, 2.45) is 0 Å². The van der Waals surface area contributed by atoms with Gasteiger partial charge in [-0.3, -0.25) is 4.98 Å². The largest absolute Gasteiger partial charge is 0.351 e. The number of nitrogens with one attached hydrogen (secondary N) is 1. The van der Waals surface area contributed by atoms with Crippen LogP contribution in [-0.2, 0) is 0 Å². The predicted octanol–water partition coefficient (Wildman–Crippen LogP) is 5.50. The van der Waals surface area contributed by atoms with Crippen LogP contribution in [0.25, 0.3) is 5.69 Å². The molecule has 0 radical (unpaired) electrons. The third kappa shape index (κ3) is 3.49. The molecule has 0 unspecified atom stereocenters. The molecule has 2 atom stereocenters. The lowest BCUT2D eigenvalue weighted by molar-refractivity contribution is 0.549. The van der Waals surface area contributed by atoms with Crippen molar-refractivity contribution in [2.75, 3.05) is 4.90 Å². The van der Waals surface area contributed by atoms with Crippen molar-refractivity contribution in [1.82, 2.24) is 14.9 Å². The number of hydrogen-bond donors (Lipinski definition) is 1. The molecule has 1 aliphatic rings. The van der Waals surface area contributed by atoms with E-state index in [4.69, 9.17) is 12.2 Å². The van der Waals surface area contributed by atoms with Gasteiger partial charge < -0.3 is 14.8 Å². The highest BCUT2D eigenvalue weighted by atomic mass is 32.1. The summed E-state index contributed by atoms with van der Waals surface area (Å²) in [4.78, 5) is 6.66. The van der Waals surface area contributed by atoms with E-state index < -0.39 is 0 Å². The highest BCUT2D eigenvalue weighted by Gasteiger charge is 2.42. The van der Waals surface area contributed by atoms with Crippen LogP contribution >= 0.6 is 12.2 Å². The maximum atomic E-state index is 14.0. The van der Waals surface area contributed by atoms with Crippen LogP contribution in [0.5, 0.6) is 0 Å². The average molecular weight is 429 g/mol. The lowest BCUT2D eigenvalue weighted by atomic mass is 10.0. The highest BCUT2D eigenvalue weighted by Crippen LogP contribution is 2.42. The van der Waals surface area contributed by atoms with Crippen LogP contribution in [0.15, 0.2) is 91.3 Å². The average Bonchev–Trinajstić information content (AvgIpc) is 3.41. The molecule has 2 aromatic heterocycles. The number of benzene rings is 2. The summed E-state index contributed by atoms with van der Waals surface area (Å²) >= 11 is 5.77. The van der Waals surface area contributed by atoms with Gasteiger partial charge in [0.15, 0.2) is 5.11 Å². The number of aromatic nitrogens is 2. The zero-order valence-electron chi connectivity index (χ0n) is 16.9. The Kier molecular flexibility index (Phi) is 5.00. The Bertz CT molecular complexity index is 1220. The summed E-state index contributed by atoms with van der Waals surface area (Å²) in [5.41, 5.74) is 4.46. The van der Waals surface area contributed by atoms with Gasteiger partial charge in [-0.05, 0) is 79.3 Å². The number of rotatable bonds is 4. The first kappa shape index (κ1) is 19.5. The minimum absolute atomic E-state index is 0.156. The van der Waals surface area contributed by atoms with E-state index in [1.165, 1.54) is 6.07 Å². The Morgan fingerprint density at radius 1 is 0.935 bits per heavy atom. The Morgan fingerprint density at radius 2 is 1.74 bits per heavy atom. The molecule has 4 nitrogen and oxygen atoms in total. The fraction of sp³-hybridized carbons (Fsp3) is 0.120. The standard InChI is InChI=1S/C25H21FN4S/c1-17-16-19(12-13-20(17)26)30-24(23(28-25(30)31)21-10-5-6-14-27-21)22-11-7-15-29(22)18-8-3-2-4-9-18/h2-16,23-24H,1H3,(H,28,31)/t23-,24-/m1/s1. The quantitative estimate of drug-likeness (QED) is 0.435. The second-order valence-electron chi connectivity index (χ2n) is 7.57. The molecule has 1 fully saturated rings. The molecule has 2 aromatic carbocycles. The van der Waals surface area contributed by atoms with Crippen LogP contribution in [0, 0.1) is 12.7 Å². The van der Waals surface area contributed by atoms with E-state index in [1.807, 2.05) is 48.5 Å². The minimum Gasteiger partial charge on any atom is -0.351 e. The number of thiocarbonyl (C=S) groups is 1. The van der Waals surface area contributed by atoms with Crippen molar-refractivity contribution in [3.05, 3.63) is 114 Å². The number of hydrogen-bond acceptors (Lipinski definition) is 2. The van der Waals surface area contributed by atoms with Crippen molar-refractivity contribution in [3.63, 3.8) is 0 Å². The maximum absolute atomic E-state index is 14.0. The first-order chi connectivity index (χ1) is 15.1. The number of para-hydroxylation sites is 1. The van der Waals surface area contributed by atoms with E-state index in [0.29, 0.717) is 10.7 Å². The van der Waals surface area contributed by atoms with E-state index in [2.05, 4.69) is 44.2 Å². The van der Waals surface area contributed by atoms with Gasteiger partial charge in [-0.2, -0.15) is 0 Å². The van der Waals surface area contributed by atoms with Crippen LogP contribution in [0.3, 0.4) is 0 Å². The van der Waals surface area contributed by atoms with Gasteiger partial charge in [0.25, 0.3) is 0 Å². The molecule has 4 aromatic rings. The molecule has 31 heavy (non-hydrogen) atoms. The van der Waals surface area contributed by atoms with Gasteiger partial charge in [-0.25, -0.2) is 4.39 Å². The molecule has 6 heteroatoms. The third-order valence-corrected chi connectivity index (χ3v) is 5.95. The van der Waals surface area contributed by atoms with E-state index in [0.717, 1.165) is 22.8 Å². The van der Waals surface area contributed by atoms with Gasteiger partial charge in [0, 0.05) is 29.5 Å². The van der Waals surface area contributed by atoms with Gasteiger partial charge in [-0.15, -0.1) is 0 Å². The molecule has 3 heterocycles. The van der Waals surface area contributed by atoms with Crippen molar-refractivity contribution < 1.29 is 4.39 Å². The number of aryl methyl sites for hydroxylation is 1. The Labute approximate surface area is 186 Å². The number of halogens is 1. The van der Waals surface area contributed by atoms with Crippen molar-refractivity contribution in [1.29, 1.82) is 0 Å². The summed E-state index contributed by atoms with van der Waals surface area (Å²) in [7, 11) is 0. The number of anilines is 1. The third-order valence-electron chi connectivity index (χ3n) is 5.64. The second-order valence-corrected chi connectivity index (χ2v) is 7.96. The molecule has 0 spiro atoms. The van der Waals surface area contributed by atoms with Gasteiger partial charge in [-0.1, -0.05) is 24.3 Å². The topological polar surface area (TPSA) is 33.1 Å². The molecule has 0 aliphatic carbocycles. The summed E-state index contributed by atoms with van der Waals surface area (Å²) in [6, 6.07) is 25.0. The first-order valence-electron chi connectivity index (χ1n) is 10.1. The molecule has 5 rings (SSSR count). The molecule has 0 saturated carbocycles. The molecule has 1 N–H and O–H groups in total. The van der Waals surface area contributed by atoms with E-state index in [-0.39, 0.29) is 17.9 Å². The first-order valence-corrected chi connectivity index (χ1v) is 10.5. The summed E-state index contributed by atoms with van der Waals surface area (Å²) < 4.78 is 16.2. The van der Waals surface area contributed by atoms with Crippen LogP contribution in [0.1, 0.15) is 29.0 Å². The lowest BCUT2D eigenvalue weighted by Crippen LogP contribution is -2.30. The Balaban J connectivity index is 1.68. The van der Waals surface area contributed by atoms with Crippen molar-refractivity contribution >= 4 is 23.0 Å². The molecule has 1 saturated heterocycles. The molecule has 0 amide bonds. The van der Waals surface area contributed by atoms with Crippen molar-refractivity contribution in [2.45, 2.75) is 19.0 Å². The predicted molar refractivity (Wildman–Crippen MR) is 125 cm³/mol. The minimum atomic E-state index is -0.229. The molecule has 154 valence electrons. The summed E-state index contributed by atoms with van der Waals surface area (Å²) in [6.45, 7) is 1.77. The normalized spacial score (nSPS) is 18.3. The van der Waals surface area contributed by atoms with E-state index in [9.17, 15) is 4.39 Å². The Hall–Kier alpha value is -3.51. The lowest BCUT2D eigenvalue weighted by Gasteiger charge is -2.29. The zero-order chi connectivity index (χ0) is 21.4. The SMILES string of the molecule is Cc1cc(N2C(=S)N[C@H](c3ccccn3)[C@H]2c2cccn2-c2ccccc2)ccc1F. The summed E-state index contributed by atoms with van der Waals surface area (Å²) in [5, 5.41) is 4.05. The number of nitrogens with zero attached hydrogens (tertiary/aromatic N) is 3. The van der Waals surface area contributed by atoms with Gasteiger partial charge in [0.1, 0.15) is 11.9 Å². The summed E-state index contributed by atoms with van der Waals surface area (Å²) in [6.07, 6.45) is 3.84. The Morgan fingerprint density at radius 3 is 2.48 bits per heavy atom. The molecular formula is C25H21FN4S. The fourth-order valence-electron chi connectivity index (χ4n) is 4.17. The zero-order valence-corrected chi connectivity index (χ0v) is 17.8. The molecule has 1 aliphatic heterocycles. The van der Waals surface area contributed by atoms with Gasteiger partial charge in [0.05, 0.1) is 11.7 Å². The van der Waals surface area contributed by atoms with Gasteiger partial charge in [0.2, 0.25) is 0 Å². The highest BCUT2D eigenvalue weighted by molar-refractivity contribution is 7.80. The number of pyridine rings is 1. The van der Waals surface area contributed by atoms with Crippen LogP contribution < -0.4 is 10.2 Å². The van der Waals surface area contributed by atoms with Crippen LogP contribution in [-0.4, -0.2) is 14.7 Å². The van der Waals surface area contributed by atoms with Gasteiger partial charge >= 0.3 is 0 Å². The van der Waals surface area contributed by atoms with Crippen LogP contribution in [0.2, 0.25) is 0 Å². The molecule has 0 bridgehead atoms.